The van der Waals surface area contributed by atoms with Crippen LogP contribution in [0.4, 0.5) is 25.8 Å². The maximum atomic E-state index is 13.7. The largest absolute Gasteiger partial charge is 0.494 e. The maximum absolute atomic E-state index is 13.7. The van der Waals surface area contributed by atoms with Crippen LogP contribution >= 0.6 is 0 Å². The number of anilines is 3. The summed E-state index contributed by atoms with van der Waals surface area (Å²) in [6.07, 6.45) is 0. The fraction of sp³-hybridized carbons (Fsp3) is 0.200. The lowest BCUT2D eigenvalue weighted by atomic mass is 10.1. The molecule has 0 aromatic heterocycles. The first-order valence-corrected chi connectivity index (χ1v) is 6.07. The van der Waals surface area contributed by atoms with Crippen LogP contribution in [-0.2, 0) is 0 Å². The molecule has 0 bridgehead atoms. The second-order valence-corrected chi connectivity index (χ2v) is 4.52. The van der Waals surface area contributed by atoms with Gasteiger partial charge in [0, 0.05) is 30.2 Å². The summed E-state index contributed by atoms with van der Waals surface area (Å²) in [5, 5.41) is 0. The third kappa shape index (κ3) is 2.52. The summed E-state index contributed by atoms with van der Waals surface area (Å²) in [4.78, 5) is 1.68. The van der Waals surface area contributed by atoms with Crippen LogP contribution in [0.3, 0.4) is 0 Å². The summed E-state index contributed by atoms with van der Waals surface area (Å²) in [5.41, 5.74) is 8.02. The Morgan fingerprint density at radius 1 is 1.15 bits per heavy atom. The number of methoxy groups -OCH3 is 1. The van der Waals surface area contributed by atoms with Crippen LogP contribution in [0.2, 0.25) is 0 Å². The number of nitrogen functional groups attached to an aromatic ring is 1. The van der Waals surface area contributed by atoms with Gasteiger partial charge in [-0.3, -0.25) is 0 Å². The minimum atomic E-state index is -0.473. The average Bonchev–Trinajstić information content (AvgIpc) is 2.42. The number of nitrogens with zero attached hydrogens (tertiary/aromatic N) is 1. The summed E-state index contributed by atoms with van der Waals surface area (Å²) < 4.78 is 32.1. The van der Waals surface area contributed by atoms with E-state index in [0.717, 1.165) is 5.56 Å². The van der Waals surface area contributed by atoms with Gasteiger partial charge in [0.1, 0.15) is 5.82 Å². The molecule has 2 N–H and O–H groups in total. The Balaban J connectivity index is 2.46. The Kier molecular flexibility index (Phi) is 3.79. The lowest BCUT2D eigenvalue weighted by Crippen LogP contribution is -2.12. The van der Waals surface area contributed by atoms with Crippen LogP contribution in [0.25, 0.3) is 0 Å². The summed E-state index contributed by atoms with van der Waals surface area (Å²) in [5.74, 6) is -0.736. The molecular weight excluding hydrogens is 262 g/mol. The van der Waals surface area contributed by atoms with Crippen molar-refractivity contribution in [2.45, 2.75) is 6.92 Å². The van der Waals surface area contributed by atoms with Gasteiger partial charge >= 0.3 is 0 Å². The molecule has 0 atom stereocenters. The molecule has 2 aromatic carbocycles. The smallest absolute Gasteiger partial charge is 0.167 e. The Hall–Kier alpha value is -2.30. The van der Waals surface area contributed by atoms with E-state index < -0.39 is 11.6 Å². The van der Waals surface area contributed by atoms with E-state index in [2.05, 4.69) is 0 Å². The number of nitrogens with two attached hydrogens (primary N) is 1. The fourth-order valence-electron chi connectivity index (χ4n) is 2.04. The molecule has 0 saturated carbocycles. The van der Waals surface area contributed by atoms with Crippen molar-refractivity contribution in [1.82, 2.24) is 0 Å². The van der Waals surface area contributed by atoms with Crippen molar-refractivity contribution in [3.05, 3.63) is 47.5 Å². The van der Waals surface area contributed by atoms with Crippen LogP contribution in [0, 0.1) is 18.6 Å². The molecule has 5 heteroatoms. The van der Waals surface area contributed by atoms with Gasteiger partial charge in [0.15, 0.2) is 11.6 Å². The molecule has 106 valence electrons. The van der Waals surface area contributed by atoms with Gasteiger partial charge in [-0.25, -0.2) is 8.78 Å². The summed E-state index contributed by atoms with van der Waals surface area (Å²) >= 11 is 0. The van der Waals surface area contributed by atoms with Crippen molar-refractivity contribution in [2.24, 2.45) is 0 Å². The Labute approximate surface area is 116 Å². The molecule has 0 radical (unpaired) electrons. The normalized spacial score (nSPS) is 10.4. The molecule has 0 unspecified atom stereocenters. The molecule has 0 aliphatic heterocycles. The average molecular weight is 278 g/mol. The molecule has 3 nitrogen and oxygen atoms in total. The highest BCUT2D eigenvalue weighted by Gasteiger charge is 2.13. The van der Waals surface area contributed by atoms with Crippen molar-refractivity contribution < 1.29 is 13.5 Å². The molecule has 0 amide bonds. The number of halogens is 2. The van der Waals surface area contributed by atoms with Gasteiger partial charge in [-0.2, -0.15) is 0 Å². The highest BCUT2D eigenvalue weighted by Crippen LogP contribution is 2.32. The van der Waals surface area contributed by atoms with E-state index in [1.807, 2.05) is 0 Å². The minimum Gasteiger partial charge on any atom is -0.494 e. The molecule has 2 aromatic rings. The van der Waals surface area contributed by atoms with E-state index in [1.54, 1.807) is 24.9 Å². The third-order valence-electron chi connectivity index (χ3n) is 3.27. The van der Waals surface area contributed by atoms with Gasteiger partial charge in [0.25, 0.3) is 0 Å². The van der Waals surface area contributed by atoms with Gasteiger partial charge in [-0.15, -0.1) is 0 Å². The lowest BCUT2D eigenvalue weighted by Gasteiger charge is -2.23. The third-order valence-corrected chi connectivity index (χ3v) is 3.27. The lowest BCUT2D eigenvalue weighted by molar-refractivity contribution is 0.386. The van der Waals surface area contributed by atoms with Crippen LogP contribution in [0.1, 0.15) is 5.56 Å². The topological polar surface area (TPSA) is 38.5 Å². The first kappa shape index (κ1) is 14.1. The quantitative estimate of drug-likeness (QED) is 0.871. The van der Waals surface area contributed by atoms with E-state index in [4.69, 9.17) is 10.5 Å². The van der Waals surface area contributed by atoms with Crippen LogP contribution in [0.5, 0.6) is 5.75 Å². The van der Waals surface area contributed by atoms with Crippen molar-refractivity contribution in [3.63, 3.8) is 0 Å². The number of hydrogen-bond acceptors (Lipinski definition) is 3. The SMILES string of the molecule is COc1ccc(N(C)c2cc(F)cc(N)c2C)cc1F. The van der Waals surface area contributed by atoms with Gasteiger partial charge < -0.3 is 15.4 Å². The Bertz CT molecular complexity index is 644. The summed E-state index contributed by atoms with van der Waals surface area (Å²) in [7, 11) is 3.13. The van der Waals surface area contributed by atoms with Crippen LogP contribution in [-0.4, -0.2) is 14.2 Å². The molecule has 0 spiro atoms. The minimum absolute atomic E-state index is 0.164. The Morgan fingerprint density at radius 2 is 1.85 bits per heavy atom. The van der Waals surface area contributed by atoms with Crippen LogP contribution in [0.15, 0.2) is 30.3 Å². The van der Waals surface area contributed by atoms with E-state index in [9.17, 15) is 8.78 Å². The molecule has 0 saturated heterocycles. The first-order chi connectivity index (χ1) is 9.43. The van der Waals surface area contributed by atoms with Gasteiger partial charge in [0.05, 0.1) is 7.11 Å². The fourth-order valence-corrected chi connectivity index (χ4v) is 2.04. The Morgan fingerprint density at radius 3 is 2.45 bits per heavy atom. The molecule has 0 fully saturated rings. The van der Waals surface area contributed by atoms with Crippen molar-refractivity contribution in [3.8, 4) is 5.75 Å². The van der Waals surface area contributed by atoms with E-state index in [0.29, 0.717) is 17.1 Å². The van der Waals surface area contributed by atoms with Gasteiger partial charge in [-0.1, -0.05) is 0 Å². The van der Waals surface area contributed by atoms with Gasteiger partial charge in [-0.05, 0) is 36.8 Å². The number of hydrogen-bond donors (Lipinski definition) is 1. The maximum Gasteiger partial charge on any atom is 0.167 e. The summed E-state index contributed by atoms with van der Waals surface area (Å²) in [6, 6.07) is 7.19. The molecule has 2 rings (SSSR count). The molecule has 0 heterocycles. The zero-order chi connectivity index (χ0) is 14.9. The van der Waals surface area contributed by atoms with Gasteiger partial charge in [0.2, 0.25) is 0 Å². The van der Waals surface area contributed by atoms with Crippen molar-refractivity contribution >= 4 is 17.1 Å². The number of ether oxygens (including phenoxy) is 1. The monoisotopic (exact) mass is 278 g/mol. The molecule has 0 aliphatic carbocycles. The highest BCUT2D eigenvalue weighted by molar-refractivity contribution is 5.71. The van der Waals surface area contributed by atoms with Crippen molar-refractivity contribution in [1.29, 1.82) is 0 Å². The summed E-state index contributed by atoms with van der Waals surface area (Å²) in [6.45, 7) is 1.79. The van der Waals surface area contributed by atoms with E-state index >= 15 is 0 Å². The number of benzene rings is 2. The second kappa shape index (κ2) is 5.36. The zero-order valence-corrected chi connectivity index (χ0v) is 11.6. The molecule has 0 aliphatic rings. The first-order valence-electron chi connectivity index (χ1n) is 6.07. The van der Waals surface area contributed by atoms with E-state index in [1.165, 1.54) is 31.4 Å². The van der Waals surface area contributed by atoms with E-state index in [-0.39, 0.29) is 5.75 Å². The highest BCUT2D eigenvalue weighted by atomic mass is 19.1. The number of rotatable bonds is 3. The predicted molar refractivity (Wildman–Crippen MR) is 76.6 cm³/mol. The molecular formula is C15H16F2N2O. The van der Waals surface area contributed by atoms with Crippen LogP contribution < -0.4 is 15.4 Å². The standard InChI is InChI=1S/C15H16F2N2O/c1-9-13(18)6-10(16)7-14(9)19(2)11-4-5-15(20-3)12(17)8-11/h4-8H,18H2,1-3H3. The van der Waals surface area contributed by atoms with Crippen molar-refractivity contribution in [2.75, 3.05) is 24.8 Å². The molecule has 20 heavy (non-hydrogen) atoms. The second-order valence-electron chi connectivity index (χ2n) is 4.52. The predicted octanol–water partition coefficient (Wildman–Crippen LogP) is 3.63. The zero-order valence-electron chi connectivity index (χ0n) is 11.6.